The number of carbonyl (C=O) groups excluding carboxylic acids is 1. The minimum Gasteiger partial charge on any atom is -0.485 e. The first-order chi connectivity index (χ1) is 12.6. The molecule has 132 valence electrons. The Morgan fingerprint density at radius 3 is 2.77 bits per heavy atom. The fourth-order valence-corrected chi connectivity index (χ4v) is 2.68. The third kappa shape index (κ3) is 3.11. The molecule has 1 atom stereocenters. The number of ether oxygens (including phenoxy) is 2. The maximum Gasteiger partial charge on any atom is 0.322 e. The van der Waals surface area contributed by atoms with Gasteiger partial charge in [0.05, 0.1) is 0 Å². The lowest BCUT2D eigenvalue weighted by Crippen LogP contribution is -2.40. The van der Waals surface area contributed by atoms with Gasteiger partial charge in [0.1, 0.15) is 6.61 Å². The van der Waals surface area contributed by atoms with Gasteiger partial charge >= 0.3 is 6.01 Å². The van der Waals surface area contributed by atoms with Crippen molar-refractivity contribution in [2.45, 2.75) is 20.0 Å². The number of para-hydroxylation sites is 2. The second-order valence-corrected chi connectivity index (χ2v) is 6.08. The number of amides is 1. The summed E-state index contributed by atoms with van der Waals surface area (Å²) in [5, 5.41) is 10.5. The van der Waals surface area contributed by atoms with E-state index >= 15 is 0 Å². The number of nitrogens with zero attached hydrogens (tertiary/aromatic N) is 2. The molecule has 0 aliphatic carbocycles. The van der Waals surface area contributed by atoms with Gasteiger partial charge in [0.25, 0.3) is 5.91 Å². The van der Waals surface area contributed by atoms with E-state index < -0.39 is 12.0 Å². The van der Waals surface area contributed by atoms with Gasteiger partial charge in [0.15, 0.2) is 11.5 Å². The molecule has 0 radical (unpaired) electrons. The third-order valence-electron chi connectivity index (χ3n) is 4.08. The van der Waals surface area contributed by atoms with Gasteiger partial charge in [0.2, 0.25) is 12.0 Å². The van der Waals surface area contributed by atoms with E-state index in [9.17, 15) is 4.79 Å². The molecule has 7 nitrogen and oxygen atoms in total. The maximum absolute atomic E-state index is 12.4. The smallest absolute Gasteiger partial charge is 0.322 e. The van der Waals surface area contributed by atoms with Gasteiger partial charge in [0, 0.05) is 5.56 Å². The van der Waals surface area contributed by atoms with Crippen LogP contribution in [0.5, 0.6) is 11.5 Å². The van der Waals surface area contributed by atoms with Crippen LogP contribution in [0.1, 0.15) is 11.1 Å². The topological polar surface area (TPSA) is 86.5 Å². The minimum atomic E-state index is -0.791. The van der Waals surface area contributed by atoms with Crippen molar-refractivity contribution in [1.29, 1.82) is 0 Å². The van der Waals surface area contributed by atoms with Crippen LogP contribution in [0.3, 0.4) is 0 Å². The average Bonchev–Trinajstić information content (AvgIpc) is 3.11. The number of hydrogen-bond acceptors (Lipinski definition) is 6. The Kier molecular flexibility index (Phi) is 4.04. The first-order valence-electron chi connectivity index (χ1n) is 8.20. The van der Waals surface area contributed by atoms with E-state index in [2.05, 4.69) is 15.5 Å². The number of carbonyl (C=O) groups is 1. The normalized spacial score (nSPS) is 15.5. The molecule has 0 saturated carbocycles. The molecular formula is C19H17N3O4. The number of fused-ring (bicyclic) bond motifs is 1. The van der Waals surface area contributed by atoms with Crippen LogP contribution in [0.2, 0.25) is 0 Å². The molecule has 4 rings (SSSR count). The summed E-state index contributed by atoms with van der Waals surface area (Å²) in [6, 6.07) is 13.2. The van der Waals surface area contributed by atoms with Crippen LogP contribution in [-0.4, -0.2) is 28.8 Å². The largest absolute Gasteiger partial charge is 0.485 e. The lowest BCUT2D eigenvalue weighted by Gasteiger charge is -2.24. The summed E-state index contributed by atoms with van der Waals surface area (Å²) in [5.74, 6) is 1.09. The average molecular weight is 351 g/mol. The first kappa shape index (κ1) is 16.1. The summed E-state index contributed by atoms with van der Waals surface area (Å²) in [4.78, 5) is 12.4. The molecule has 26 heavy (non-hydrogen) atoms. The highest BCUT2D eigenvalue weighted by Crippen LogP contribution is 2.31. The molecule has 1 aliphatic heterocycles. The van der Waals surface area contributed by atoms with Crippen LogP contribution in [0.4, 0.5) is 6.01 Å². The predicted molar refractivity (Wildman–Crippen MR) is 94.2 cm³/mol. The second-order valence-electron chi connectivity index (χ2n) is 6.08. The molecule has 3 aromatic rings. The predicted octanol–water partition coefficient (Wildman–Crippen LogP) is 3.13. The monoisotopic (exact) mass is 351 g/mol. The zero-order valence-electron chi connectivity index (χ0n) is 14.4. The third-order valence-corrected chi connectivity index (χ3v) is 4.08. The van der Waals surface area contributed by atoms with Gasteiger partial charge in [-0.05, 0) is 37.6 Å². The molecule has 0 bridgehead atoms. The number of rotatable bonds is 3. The number of aryl methyl sites for hydroxylation is 2. The van der Waals surface area contributed by atoms with Crippen LogP contribution < -0.4 is 14.8 Å². The highest BCUT2D eigenvalue weighted by atomic mass is 16.6. The molecule has 7 heteroatoms. The molecule has 1 N–H and O–H groups in total. The number of hydrogen-bond donors (Lipinski definition) is 1. The molecule has 0 unspecified atom stereocenters. The van der Waals surface area contributed by atoms with Crippen molar-refractivity contribution in [3.63, 3.8) is 0 Å². The molecule has 2 heterocycles. The molecule has 0 spiro atoms. The number of nitrogens with one attached hydrogen (secondary N) is 1. The maximum atomic E-state index is 12.4. The van der Waals surface area contributed by atoms with Crippen molar-refractivity contribution in [3.8, 4) is 23.0 Å². The van der Waals surface area contributed by atoms with Gasteiger partial charge in [-0.3, -0.25) is 10.1 Å². The number of anilines is 1. The highest BCUT2D eigenvalue weighted by molar-refractivity contribution is 5.93. The van der Waals surface area contributed by atoms with Gasteiger partial charge in [-0.1, -0.05) is 34.9 Å². The van der Waals surface area contributed by atoms with Crippen LogP contribution in [-0.2, 0) is 4.79 Å². The quantitative estimate of drug-likeness (QED) is 0.780. The van der Waals surface area contributed by atoms with Crippen LogP contribution in [0.15, 0.2) is 46.9 Å². The first-order valence-corrected chi connectivity index (χ1v) is 8.20. The summed E-state index contributed by atoms with van der Waals surface area (Å²) in [5.41, 5.74) is 2.93. The Labute approximate surface area is 150 Å². The molecule has 0 fully saturated rings. The van der Waals surface area contributed by atoms with Gasteiger partial charge in [-0.25, -0.2) is 0 Å². The van der Waals surface area contributed by atoms with Gasteiger partial charge in [-0.15, -0.1) is 5.10 Å². The summed E-state index contributed by atoms with van der Waals surface area (Å²) >= 11 is 0. The van der Waals surface area contributed by atoms with E-state index in [0.717, 1.165) is 16.7 Å². The van der Waals surface area contributed by atoms with Gasteiger partial charge in [-0.2, -0.15) is 0 Å². The second kappa shape index (κ2) is 6.51. The Morgan fingerprint density at radius 2 is 1.92 bits per heavy atom. The van der Waals surface area contributed by atoms with Gasteiger partial charge < -0.3 is 13.9 Å². The SMILES string of the molecule is Cc1ccc(C)c(-c2nnc(NC(=O)[C@@H]3COc4ccccc4O3)o2)c1. The van der Waals surface area contributed by atoms with E-state index in [-0.39, 0.29) is 12.6 Å². The molecule has 2 aromatic carbocycles. The van der Waals surface area contributed by atoms with Crippen molar-refractivity contribution < 1.29 is 18.7 Å². The van der Waals surface area contributed by atoms with E-state index in [1.54, 1.807) is 12.1 Å². The molecule has 1 aliphatic rings. The minimum absolute atomic E-state index is 0.0216. The number of benzene rings is 2. The Bertz CT molecular complexity index is 967. The summed E-state index contributed by atoms with van der Waals surface area (Å²) < 4.78 is 16.8. The number of aromatic nitrogens is 2. The van der Waals surface area contributed by atoms with Crippen molar-refractivity contribution in [3.05, 3.63) is 53.6 Å². The van der Waals surface area contributed by atoms with E-state index in [1.165, 1.54) is 0 Å². The lowest BCUT2D eigenvalue weighted by molar-refractivity contribution is -0.125. The van der Waals surface area contributed by atoms with E-state index in [4.69, 9.17) is 13.9 Å². The molecule has 0 saturated heterocycles. The van der Waals surface area contributed by atoms with Crippen molar-refractivity contribution in [1.82, 2.24) is 10.2 Å². The molecular weight excluding hydrogens is 334 g/mol. The Balaban J connectivity index is 1.48. The van der Waals surface area contributed by atoms with Crippen LogP contribution in [0.25, 0.3) is 11.5 Å². The van der Waals surface area contributed by atoms with Crippen molar-refractivity contribution in [2.24, 2.45) is 0 Å². The molecule has 1 amide bonds. The standard InChI is InChI=1S/C19H17N3O4/c1-11-7-8-12(2)13(9-11)18-21-22-19(26-18)20-17(23)16-10-24-14-5-3-4-6-15(14)25-16/h3-9,16H,10H2,1-2H3,(H,20,22,23)/t16-/m0/s1. The summed E-state index contributed by atoms with van der Waals surface area (Å²) in [6.45, 7) is 4.06. The summed E-state index contributed by atoms with van der Waals surface area (Å²) in [6.07, 6.45) is -0.791. The van der Waals surface area contributed by atoms with Crippen LogP contribution in [0, 0.1) is 13.8 Å². The fourth-order valence-electron chi connectivity index (χ4n) is 2.68. The van der Waals surface area contributed by atoms with Crippen molar-refractivity contribution in [2.75, 3.05) is 11.9 Å². The summed E-state index contributed by atoms with van der Waals surface area (Å²) in [7, 11) is 0. The zero-order valence-corrected chi connectivity index (χ0v) is 14.4. The zero-order chi connectivity index (χ0) is 18.1. The molecule has 1 aromatic heterocycles. The van der Waals surface area contributed by atoms with Crippen molar-refractivity contribution >= 4 is 11.9 Å². The lowest BCUT2D eigenvalue weighted by atomic mass is 10.1. The fraction of sp³-hybridized carbons (Fsp3) is 0.211. The highest BCUT2D eigenvalue weighted by Gasteiger charge is 2.28. The Morgan fingerprint density at radius 1 is 1.12 bits per heavy atom. The van der Waals surface area contributed by atoms with E-state index in [1.807, 2.05) is 44.2 Å². The Hall–Kier alpha value is -3.35. The van der Waals surface area contributed by atoms with Crippen LogP contribution >= 0.6 is 0 Å². The van der Waals surface area contributed by atoms with E-state index in [0.29, 0.717) is 17.4 Å².